The van der Waals surface area contributed by atoms with Crippen LogP contribution in [-0.2, 0) is 0 Å². The zero-order valence-electron chi connectivity index (χ0n) is 14.8. The van der Waals surface area contributed by atoms with Gasteiger partial charge < -0.3 is 9.84 Å². The fourth-order valence-electron chi connectivity index (χ4n) is 2.92. The molecule has 0 aliphatic carbocycles. The molecular formula is C20H31NO2S. The minimum atomic E-state index is -0.375. The first kappa shape index (κ1) is 19.4. The highest BCUT2D eigenvalue weighted by atomic mass is 32.2. The number of rotatable bonds is 12. The van der Waals surface area contributed by atoms with Gasteiger partial charge in [-0.3, -0.25) is 0 Å². The van der Waals surface area contributed by atoms with Crippen molar-refractivity contribution in [2.75, 3.05) is 13.2 Å². The fourth-order valence-corrected chi connectivity index (χ4v) is 3.89. The molecule has 2 unspecified atom stereocenters. The summed E-state index contributed by atoms with van der Waals surface area (Å²) in [6.45, 7) is 3.84. The molecule has 0 bridgehead atoms. The zero-order chi connectivity index (χ0) is 17.0. The first-order valence-electron chi connectivity index (χ1n) is 9.27. The Bertz CT molecular complexity index is 466. The monoisotopic (exact) mass is 349 g/mol. The Labute approximate surface area is 151 Å². The maximum absolute atomic E-state index is 10.5. The molecule has 1 aliphatic heterocycles. The van der Waals surface area contributed by atoms with Crippen LogP contribution in [0.5, 0.6) is 5.75 Å². The van der Waals surface area contributed by atoms with Gasteiger partial charge in [0.2, 0.25) is 0 Å². The Morgan fingerprint density at radius 3 is 2.67 bits per heavy atom. The molecule has 0 spiro atoms. The van der Waals surface area contributed by atoms with E-state index in [0.29, 0.717) is 13.0 Å². The van der Waals surface area contributed by atoms with E-state index in [2.05, 4.69) is 22.7 Å². The zero-order valence-corrected chi connectivity index (χ0v) is 15.6. The van der Waals surface area contributed by atoms with Gasteiger partial charge in [0.25, 0.3) is 0 Å². The maximum Gasteiger partial charge on any atom is 0.119 e. The van der Waals surface area contributed by atoms with E-state index in [-0.39, 0.29) is 12.1 Å². The fraction of sp³-hybridized carbons (Fsp3) is 0.600. The van der Waals surface area contributed by atoms with Crippen LogP contribution in [0.2, 0.25) is 0 Å². The third-order valence-corrected chi connectivity index (χ3v) is 5.33. The lowest BCUT2D eigenvalue weighted by molar-refractivity contribution is 0.0933. The lowest BCUT2D eigenvalue weighted by Crippen LogP contribution is -2.37. The van der Waals surface area contributed by atoms with E-state index >= 15 is 0 Å². The minimum absolute atomic E-state index is 0.116. The maximum atomic E-state index is 10.5. The molecule has 2 atom stereocenters. The van der Waals surface area contributed by atoms with Crippen LogP contribution in [-0.4, -0.2) is 34.7 Å². The van der Waals surface area contributed by atoms with E-state index in [1.54, 1.807) is 11.9 Å². The van der Waals surface area contributed by atoms with Crippen LogP contribution in [0.25, 0.3) is 0 Å². The number of aliphatic hydroxyl groups excluding tert-OH is 1. The number of hydrogen-bond acceptors (Lipinski definition) is 4. The molecule has 1 N–H and O–H groups in total. The Morgan fingerprint density at radius 2 is 1.88 bits per heavy atom. The molecule has 0 aromatic heterocycles. The molecule has 0 radical (unpaired) electrons. The van der Waals surface area contributed by atoms with Crippen molar-refractivity contribution in [2.24, 2.45) is 0 Å². The van der Waals surface area contributed by atoms with Crippen LogP contribution in [0.1, 0.15) is 51.9 Å². The van der Waals surface area contributed by atoms with E-state index < -0.39 is 0 Å². The molecule has 0 saturated heterocycles. The van der Waals surface area contributed by atoms with Crippen LogP contribution in [0, 0.1) is 0 Å². The highest BCUT2D eigenvalue weighted by Gasteiger charge is 2.27. The standard InChI is InChI=1S/C20H31NO2S/c1-2-3-4-5-6-10-15-21-19(14-17-24-21)20(22)13-16-23-18-11-8-7-9-12-18/h7-9,11-12,14,17,19-20,22H,2-6,10,13,15-16H2,1H3. The molecule has 0 saturated carbocycles. The van der Waals surface area contributed by atoms with Crippen molar-refractivity contribution in [3.63, 3.8) is 0 Å². The van der Waals surface area contributed by atoms with Crippen molar-refractivity contribution >= 4 is 11.9 Å². The normalized spacial score (nSPS) is 18.8. The van der Waals surface area contributed by atoms with E-state index in [1.165, 1.54) is 38.5 Å². The molecular weight excluding hydrogens is 318 g/mol. The van der Waals surface area contributed by atoms with Gasteiger partial charge in [-0.2, -0.15) is 0 Å². The van der Waals surface area contributed by atoms with Gasteiger partial charge >= 0.3 is 0 Å². The SMILES string of the molecule is CCCCCCCCN1SC=CC1C(O)CCOc1ccccc1. The Kier molecular flexibility index (Phi) is 9.32. The average molecular weight is 350 g/mol. The van der Waals surface area contributed by atoms with Crippen molar-refractivity contribution in [3.8, 4) is 5.75 Å². The number of ether oxygens (including phenoxy) is 1. The predicted octanol–water partition coefficient (Wildman–Crippen LogP) is 5.02. The summed E-state index contributed by atoms with van der Waals surface area (Å²) in [5, 5.41) is 12.6. The summed E-state index contributed by atoms with van der Waals surface area (Å²) in [6, 6.07) is 9.91. The van der Waals surface area contributed by atoms with Crippen molar-refractivity contribution < 1.29 is 9.84 Å². The van der Waals surface area contributed by atoms with Crippen molar-refractivity contribution in [3.05, 3.63) is 41.8 Å². The molecule has 1 aromatic carbocycles. The summed E-state index contributed by atoms with van der Waals surface area (Å²) in [5.74, 6) is 0.866. The van der Waals surface area contributed by atoms with Crippen LogP contribution < -0.4 is 4.74 Å². The molecule has 2 rings (SSSR count). The Morgan fingerprint density at radius 1 is 1.12 bits per heavy atom. The van der Waals surface area contributed by atoms with Gasteiger partial charge in [-0.05, 0) is 35.9 Å². The largest absolute Gasteiger partial charge is 0.493 e. The number of nitrogens with zero attached hydrogens (tertiary/aromatic N) is 1. The number of aliphatic hydroxyl groups is 1. The van der Waals surface area contributed by atoms with E-state index in [9.17, 15) is 5.11 Å². The second-order valence-electron chi connectivity index (χ2n) is 6.35. The van der Waals surface area contributed by atoms with Crippen LogP contribution in [0.4, 0.5) is 0 Å². The molecule has 1 heterocycles. The molecule has 4 heteroatoms. The predicted molar refractivity (Wildman–Crippen MR) is 103 cm³/mol. The van der Waals surface area contributed by atoms with Gasteiger partial charge in [-0.25, -0.2) is 4.31 Å². The molecule has 1 aliphatic rings. The molecule has 24 heavy (non-hydrogen) atoms. The molecule has 1 aromatic rings. The molecule has 0 fully saturated rings. The van der Waals surface area contributed by atoms with Gasteiger partial charge in [-0.1, -0.05) is 63.3 Å². The summed E-state index contributed by atoms with van der Waals surface area (Å²) in [5.41, 5.74) is 0. The van der Waals surface area contributed by atoms with Crippen LogP contribution >= 0.6 is 11.9 Å². The van der Waals surface area contributed by atoms with Crippen molar-refractivity contribution in [1.82, 2.24) is 4.31 Å². The van der Waals surface area contributed by atoms with E-state index in [1.807, 2.05) is 30.3 Å². The Hall–Kier alpha value is -0.970. The molecule has 134 valence electrons. The van der Waals surface area contributed by atoms with E-state index in [4.69, 9.17) is 4.74 Å². The summed E-state index contributed by atoms with van der Waals surface area (Å²) in [6.07, 6.45) is 10.2. The smallest absolute Gasteiger partial charge is 0.119 e. The molecule has 3 nitrogen and oxygen atoms in total. The summed E-state index contributed by atoms with van der Waals surface area (Å²) >= 11 is 1.73. The van der Waals surface area contributed by atoms with Gasteiger partial charge in [0.05, 0.1) is 18.8 Å². The van der Waals surface area contributed by atoms with Crippen molar-refractivity contribution in [2.45, 2.75) is 64.0 Å². The third kappa shape index (κ3) is 6.88. The summed E-state index contributed by atoms with van der Waals surface area (Å²) in [7, 11) is 0. The van der Waals surface area contributed by atoms with Crippen LogP contribution in [0.3, 0.4) is 0 Å². The summed E-state index contributed by atoms with van der Waals surface area (Å²) in [4.78, 5) is 0. The lowest BCUT2D eigenvalue weighted by Gasteiger charge is -2.27. The summed E-state index contributed by atoms with van der Waals surface area (Å²) < 4.78 is 8.01. The lowest BCUT2D eigenvalue weighted by atomic mass is 10.1. The van der Waals surface area contributed by atoms with Crippen LogP contribution in [0.15, 0.2) is 41.8 Å². The van der Waals surface area contributed by atoms with Crippen molar-refractivity contribution in [1.29, 1.82) is 0 Å². The minimum Gasteiger partial charge on any atom is -0.493 e. The first-order valence-corrected chi connectivity index (χ1v) is 10.1. The second-order valence-corrected chi connectivity index (χ2v) is 7.30. The third-order valence-electron chi connectivity index (χ3n) is 4.36. The number of hydrogen-bond donors (Lipinski definition) is 1. The van der Waals surface area contributed by atoms with Gasteiger partial charge in [0.15, 0.2) is 0 Å². The number of para-hydroxylation sites is 1. The number of unbranched alkanes of at least 4 members (excludes halogenated alkanes) is 5. The van der Waals surface area contributed by atoms with Gasteiger partial charge in [0, 0.05) is 13.0 Å². The topological polar surface area (TPSA) is 32.7 Å². The second kappa shape index (κ2) is 11.6. The average Bonchev–Trinajstić information content (AvgIpc) is 3.07. The Balaban J connectivity index is 1.62. The number of benzene rings is 1. The highest BCUT2D eigenvalue weighted by molar-refractivity contribution is 8.00. The molecule has 0 amide bonds. The highest BCUT2D eigenvalue weighted by Crippen LogP contribution is 2.28. The first-order chi connectivity index (χ1) is 11.8. The quantitative estimate of drug-likeness (QED) is 0.424. The van der Waals surface area contributed by atoms with Gasteiger partial charge in [-0.15, -0.1) is 0 Å². The van der Waals surface area contributed by atoms with Gasteiger partial charge in [0.1, 0.15) is 5.75 Å². The van der Waals surface area contributed by atoms with E-state index in [0.717, 1.165) is 12.3 Å².